The molecule has 0 aromatic heterocycles. The number of fused-ring (bicyclic) bond motifs is 2. The fourth-order valence-corrected chi connectivity index (χ4v) is 3.62. The molecule has 1 fully saturated rings. The summed E-state index contributed by atoms with van der Waals surface area (Å²) in [4.78, 5) is 0. The van der Waals surface area contributed by atoms with Gasteiger partial charge in [-0.15, -0.1) is 0 Å². The number of rotatable bonds is 4. The van der Waals surface area contributed by atoms with Crippen LogP contribution in [0.5, 0.6) is 0 Å². The summed E-state index contributed by atoms with van der Waals surface area (Å²) in [5.41, 5.74) is -0.493. The summed E-state index contributed by atoms with van der Waals surface area (Å²) in [6.45, 7) is 6.13. The lowest BCUT2D eigenvalue weighted by molar-refractivity contribution is 0.0505. The van der Waals surface area contributed by atoms with Crippen LogP contribution in [0.25, 0.3) is 0 Å². The molecule has 0 aromatic rings. The van der Waals surface area contributed by atoms with Crippen molar-refractivity contribution in [2.75, 3.05) is 0 Å². The highest BCUT2D eigenvalue weighted by Crippen LogP contribution is 2.46. The zero-order valence-electron chi connectivity index (χ0n) is 10.2. The number of hydrogen-bond acceptors (Lipinski definition) is 1. The van der Waals surface area contributed by atoms with Gasteiger partial charge in [0, 0.05) is 0 Å². The Kier molecular flexibility index (Phi) is 2.94. The Morgan fingerprint density at radius 2 is 2.07 bits per heavy atom. The standard InChI is InChI=1S/C14H24O/c1-10(9-14(2,3)15)6-13-8-11-4-5-12(13)7-11/h4-5,10-13,15H,6-9H2,1-3H3. The van der Waals surface area contributed by atoms with Gasteiger partial charge in [-0.3, -0.25) is 0 Å². The molecule has 0 saturated heterocycles. The SMILES string of the molecule is CC(CC1CC2C=CC1C2)CC(C)(C)O. The van der Waals surface area contributed by atoms with Gasteiger partial charge in [0.05, 0.1) is 5.60 Å². The van der Waals surface area contributed by atoms with Crippen LogP contribution in [-0.2, 0) is 0 Å². The molecule has 0 aliphatic heterocycles. The molecule has 1 saturated carbocycles. The maximum absolute atomic E-state index is 9.78. The molecule has 1 nitrogen and oxygen atoms in total. The topological polar surface area (TPSA) is 20.2 Å². The minimum absolute atomic E-state index is 0.493. The second-order valence-corrected chi connectivity index (χ2v) is 6.40. The first-order valence-electron chi connectivity index (χ1n) is 6.35. The minimum Gasteiger partial charge on any atom is -0.390 e. The van der Waals surface area contributed by atoms with Gasteiger partial charge in [-0.1, -0.05) is 19.1 Å². The number of hydrogen-bond donors (Lipinski definition) is 1. The van der Waals surface area contributed by atoms with Crippen LogP contribution in [0.15, 0.2) is 12.2 Å². The normalized spacial score (nSPS) is 36.1. The fraction of sp³-hybridized carbons (Fsp3) is 0.857. The van der Waals surface area contributed by atoms with Gasteiger partial charge in [-0.25, -0.2) is 0 Å². The molecule has 15 heavy (non-hydrogen) atoms. The summed E-state index contributed by atoms with van der Waals surface area (Å²) in [5, 5.41) is 9.78. The predicted octanol–water partition coefficient (Wildman–Crippen LogP) is 3.39. The largest absolute Gasteiger partial charge is 0.390 e. The van der Waals surface area contributed by atoms with E-state index in [1.807, 2.05) is 13.8 Å². The Hall–Kier alpha value is -0.300. The first kappa shape index (κ1) is 11.2. The van der Waals surface area contributed by atoms with Crippen molar-refractivity contribution in [1.29, 1.82) is 0 Å². The first-order valence-corrected chi connectivity index (χ1v) is 6.35. The third kappa shape index (κ3) is 2.84. The highest BCUT2D eigenvalue weighted by Gasteiger charge is 2.36. The van der Waals surface area contributed by atoms with E-state index in [0.29, 0.717) is 5.92 Å². The van der Waals surface area contributed by atoms with Crippen molar-refractivity contribution in [2.45, 2.75) is 52.1 Å². The zero-order chi connectivity index (χ0) is 11.1. The van der Waals surface area contributed by atoms with E-state index in [1.165, 1.54) is 19.3 Å². The molecule has 2 aliphatic carbocycles. The molecule has 0 spiro atoms. The third-order valence-corrected chi connectivity index (χ3v) is 3.97. The Labute approximate surface area is 93.6 Å². The third-order valence-electron chi connectivity index (χ3n) is 3.97. The van der Waals surface area contributed by atoms with E-state index in [9.17, 15) is 5.11 Å². The average molecular weight is 208 g/mol. The summed E-state index contributed by atoms with van der Waals surface area (Å²) in [6, 6.07) is 0. The van der Waals surface area contributed by atoms with Gasteiger partial charge in [0.2, 0.25) is 0 Å². The first-order chi connectivity index (χ1) is 6.94. The molecule has 1 N–H and O–H groups in total. The maximum atomic E-state index is 9.78. The van der Waals surface area contributed by atoms with Gasteiger partial charge in [0.25, 0.3) is 0 Å². The van der Waals surface area contributed by atoms with Crippen molar-refractivity contribution in [2.24, 2.45) is 23.7 Å². The summed E-state index contributed by atoms with van der Waals surface area (Å²) in [5.74, 6) is 3.30. The number of aliphatic hydroxyl groups is 1. The molecular formula is C14H24O. The molecule has 4 atom stereocenters. The van der Waals surface area contributed by atoms with Gasteiger partial charge in [0.1, 0.15) is 0 Å². The molecule has 86 valence electrons. The zero-order valence-corrected chi connectivity index (χ0v) is 10.2. The molecule has 2 bridgehead atoms. The van der Waals surface area contributed by atoms with Crippen molar-refractivity contribution in [1.82, 2.24) is 0 Å². The van der Waals surface area contributed by atoms with E-state index >= 15 is 0 Å². The van der Waals surface area contributed by atoms with Crippen LogP contribution in [0.1, 0.15) is 46.5 Å². The van der Waals surface area contributed by atoms with Crippen molar-refractivity contribution in [3.8, 4) is 0 Å². The van der Waals surface area contributed by atoms with Gasteiger partial charge in [-0.2, -0.15) is 0 Å². The van der Waals surface area contributed by atoms with E-state index in [-0.39, 0.29) is 0 Å². The molecule has 1 heteroatoms. The van der Waals surface area contributed by atoms with Crippen molar-refractivity contribution >= 4 is 0 Å². The lowest BCUT2D eigenvalue weighted by atomic mass is 9.82. The van der Waals surface area contributed by atoms with Crippen LogP contribution < -0.4 is 0 Å². The van der Waals surface area contributed by atoms with E-state index in [0.717, 1.165) is 24.2 Å². The summed E-state index contributed by atoms with van der Waals surface area (Å²) in [7, 11) is 0. The minimum atomic E-state index is -0.493. The highest BCUT2D eigenvalue weighted by molar-refractivity contribution is 5.10. The lowest BCUT2D eigenvalue weighted by Gasteiger charge is -2.26. The van der Waals surface area contributed by atoms with Crippen LogP contribution in [-0.4, -0.2) is 10.7 Å². The highest BCUT2D eigenvalue weighted by atomic mass is 16.3. The molecule has 0 radical (unpaired) electrons. The summed E-state index contributed by atoms with van der Waals surface area (Å²) >= 11 is 0. The Morgan fingerprint density at radius 1 is 1.33 bits per heavy atom. The Bertz CT molecular complexity index is 249. The smallest absolute Gasteiger partial charge is 0.0594 e. The quantitative estimate of drug-likeness (QED) is 0.702. The van der Waals surface area contributed by atoms with E-state index in [1.54, 1.807) is 0 Å². The van der Waals surface area contributed by atoms with E-state index in [4.69, 9.17) is 0 Å². The van der Waals surface area contributed by atoms with Crippen LogP contribution in [0.2, 0.25) is 0 Å². The maximum Gasteiger partial charge on any atom is 0.0594 e. The van der Waals surface area contributed by atoms with Crippen molar-refractivity contribution in [3.63, 3.8) is 0 Å². The van der Waals surface area contributed by atoms with E-state index in [2.05, 4.69) is 19.1 Å². The van der Waals surface area contributed by atoms with Crippen LogP contribution in [0, 0.1) is 23.7 Å². The monoisotopic (exact) mass is 208 g/mol. The van der Waals surface area contributed by atoms with Crippen molar-refractivity contribution in [3.05, 3.63) is 12.2 Å². The molecule has 4 unspecified atom stereocenters. The van der Waals surface area contributed by atoms with Crippen LogP contribution in [0.4, 0.5) is 0 Å². The molecule has 0 aromatic carbocycles. The summed E-state index contributed by atoms with van der Waals surface area (Å²) in [6.07, 6.45) is 9.87. The lowest BCUT2D eigenvalue weighted by Crippen LogP contribution is -2.23. The molecule has 2 aliphatic rings. The van der Waals surface area contributed by atoms with Gasteiger partial charge < -0.3 is 5.11 Å². The predicted molar refractivity (Wildman–Crippen MR) is 63.5 cm³/mol. The van der Waals surface area contributed by atoms with Crippen LogP contribution >= 0.6 is 0 Å². The Morgan fingerprint density at radius 3 is 2.53 bits per heavy atom. The average Bonchev–Trinajstić information content (AvgIpc) is 2.60. The molecule has 0 heterocycles. The molecular weight excluding hydrogens is 184 g/mol. The second-order valence-electron chi connectivity index (χ2n) is 6.40. The molecule has 0 amide bonds. The van der Waals surface area contributed by atoms with E-state index < -0.39 is 5.60 Å². The van der Waals surface area contributed by atoms with Crippen LogP contribution in [0.3, 0.4) is 0 Å². The number of allylic oxidation sites excluding steroid dienone is 2. The second kappa shape index (κ2) is 3.93. The Balaban J connectivity index is 1.80. The van der Waals surface area contributed by atoms with Gasteiger partial charge >= 0.3 is 0 Å². The summed E-state index contributed by atoms with van der Waals surface area (Å²) < 4.78 is 0. The van der Waals surface area contributed by atoms with Crippen molar-refractivity contribution < 1.29 is 5.11 Å². The molecule has 2 rings (SSSR count). The fourth-order valence-electron chi connectivity index (χ4n) is 3.62. The van der Waals surface area contributed by atoms with Gasteiger partial charge in [-0.05, 0) is 63.2 Å². The van der Waals surface area contributed by atoms with Gasteiger partial charge in [0.15, 0.2) is 0 Å².